The first kappa shape index (κ1) is 31.5. The predicted octanol–water partition coefficient (Wildman–Crippen LogP) is 11.8. The molecule has 1 aromatic heterocycles. The van der Waals surface area contributed by atoms with Crippen LogP contribution in [0.5, 0.6) is 0 Å². The van der Waals surface area contributed by atoms with Gasteiger partial charge in [-0.3, -0.25) is 0 Å². The fourth-order valence-electron chi connectivity index (χ4n) is 8.07. The number of nitriles is 1. The number of rotatable bonds is 5. The molecule has 2 aliphatic carbocycles. The van der Waals surface area contributed by atoms with Gasteiger partial charge in [-0.15, -0.1) is 0 Å². The van der Waals surface area contributed by atoms with Crippen molar-refractivity contribution in [3.63, 3.8) is 0 Å². The van der Waals surface area contributed by atoms with Crippen LogP contribution in [0.15, 0.2) is 157 Å². The van der Waals surface area contributed by atoms with Gasteiger partial charge < -0.3 is 0 Å². The Morgan fingerprint density at radius 2 is 1.15 bits per heavy atom. The molecule has 52 heavy (non-hydrogen) atoms. The fraction of sp³-hybridized carbons (Fsp3) is 0.125. The highest BCUT2D eigenvalue weighted by molar-refractivity contribution is 6.03. The quantitative estimate of drug-likeness (QED) is 0.183. The zero-order valence-electron chi connectivity index (χ0n) is 29.4. The minimum Gasteiger partial charge on any atom is -0.208 e. The molecule has 0 saturated heterocycles. The third-order valence-electron chi connectivity index (χ3n) is 10.9. The average Bonchev–Trinajstić information content (AvgIpc) is 3.43. The SMILES string of the molecule is CC1C=CC2=C(c3ccc(-c4ccc(-c5c(-c6nc(-c7ccccc7)nc(-c7ccccc7)n6)ccc6ccccc56)cc4)cc3C2(C)C)C1C#N. The van der Waals surface area contributed by atoms with E-state index in [0.29, 0.717) is 17.5 Å². The lowest BCUT2D eigenvalue weighted by atomic mass is 9.76. The summed E-state index contributed by atoms with van der Waals surface area (Å²) in [6.45, 7) is 6.71. The van der Waals surface area contributed by atoms with E-state index in [1.807, 2.05) is 60.7 Å². The van der Waals surface area contributed by atoms with Crippen LogP contribution in [0.2, 0.25) is 0 Å². The molecular weight excluding hydrogens is 633 g/mol. The molecule has 0 saturated carbocycles. The largest absolute Gasteiger partial charge is 0.208 e. The lowest BCUT2D eigenvalue weighted by molar-refractivity contribution is 0.606. The smallest absolute Gasteiger partial charge is 0.164 e. The van der Waals surface area contributed by atoms with E-state index in [1.165, 1.54) is 27.8 Å². The van der Waals surface area contributed by atoms with Gasteiger partial charge in [0.15, 0.2) is 17.5 Å². The normalized spacial score (nSPS) is 17.1. The summed E-state index contributed by atoms with van der Waals surface area (Å²) in [7, 11) is 0. The molecule has 0 spiro atoms. The Morgan fingerprint density at radius 1 is 0.577 bits per heavy atom. The van der Waals surface area contributed by atoms with Gasteiger partial charge in [-0.25, -0.2) is 15.0 Å². The van der Waals surface area contributed by atoms with Crippen molar-refractivity contribution in [2.75, 3.05) is 0 Å². The van der Waals surface area contributed by atoms with E-state index >= 15 is 0 Å². The molecular formula is C48H36N4. The number of hydrogen-bond acceptors (Lipinski definition) is 4. The fourth-order valence-corrected chi connectivity index (χ4v) is 8.07. The predicted molar refractivity (Wildman–Crippen MR) is 212 cm³/mol. The van der Waals surface area contributed by atoms with Crippen LogP contribution >= 0.6 is 0 Å². The van der Waals surface area contributed by atoms with E-state index in [0.717, 1.165) is 44.2 Å². The molecule has 4 heteroatoms. The molecule has 0 N–H and O–H groups in total. The van der Waals surface area contributed by atoms with Crippen LogP contribution in [0.1, 0.15) is 31.9 Å². The maximum atomic E-state index is 10.1. The molecule has 0 fully saturated rings. The standard InChI is InChI=1S/C48H36N4/c1-30-18-27-41-44(40(30)29-49)38-25-24-36(28-42(38)48(41,2)3)31-19-21-33(22-20-31)43-37-17-11-10-12-32(37)23-26-39(43)47-51-45(34-13-6-4-7-14-34)50-46(52-47)35-15-8-5-9-16-35/h4-28,30,40H,1-3H3. The molecule has 248 valence electrons. The van der Waals surface area contributed by atoms with Gasteiger partial charge in [0.1, 0.15) is 0 Å². The van der Waals surface area contributed by atoms with Crippen molar-refractivity contribution in [3.05, 3.63) is 168 Å². The molecule has 0 amide bonds. The van der Waals surface area contributed by atoms with Gasteiger partial charge in [0.25, 0.3) is 0 Å². The minimum atomic E-state index is -0.175. The lowest BCUT2D eigenvalue weighted by Gasteiger charge is -2.27. The summed E-state index contributed by atoms with van der Waals surface area (Å²) in [5, 5.41) is 12.4. The van der Waals surface area contributed by atoms with Gasteiger partial charge in [-0.2, -0.15) is 5.26 Å². The van der Waals surface area contributed by atoms with E-state index in [2.05, 4.69) is 118 Å². The molecule has 9 rings (SSSR count). The second-order valence-corrected chi connectivity index (χ2v) is 14.4. The number of hydrogen-bond donors (Lipinski definition) is 0. The number of allylic oxidation sites excluding steroid dienone is 4. The first-order valence-electron chi connectivity index (χ1n) is 17.9. The third-order valence-corrected chi connectivity index (χ3v) is 10.9. The number of fused-ring (bicyclic) bond motifs is 3. The summed E-state index contributed by atoms with van der Waals surface area (Å²) in [5.41, 5.74) is 12.1. The Hall–Kier alpha value is -6.44. The van der Waals surface area contributed by atoms with Gasteiger partial charge in [0.2, 0.25) is 0 Å². The maximum Gasteiger partial charge on any atom is 0.164 e. The molecule has 0 aliphatic heterocycles. The van der Waals surface area contributed by atoms with Crippen LogP contribution in [0, 0.1) is 23.2 Å². The molecule has 1 heterocycles. The van der Waals surface area contributed by atoms with Gasteiger partial charge in [-0.05, 0) is 67.8 Å². The summed E-state index contributed by atoms with van der Waals surface area (Å²) in [6.07, 6.45) is 4.45. The highest BCUT2D eigenvalue weighted by Gasteiger charge is 2.42. The van der Waals surface area contributed by atoms with E-state index in [9.17, 15) is 5.26 Å². The highest BCUT2D eigenvalue weighted by Crippen LogP contribution is 2.53. The van der Waals surface area contributed by atoms with Crippen molar-refractivity contribution >= 4 is 16.3 Å². The summed E-state index contributed by atoms with van der Waals surface area (Å²) in [5.74, 6) is 1.98. The van der Waals surface area contributed by atoms with Crippen LogP contribution in [0.3, 0.4) is 0 Å². The summed E-state index contributed by atoms with van der Waals surface area (Å²) < 4.78 is 0. The first-order chi connectivity index (χ1) is 25.4. The Labute approximate surface area is 304 Å². The van der Waals surface area contributed by atoms with Crippen molar-refractivity contribution in [1.29, 1.82) is 5.26 Å². The van der Waals surface area contributed by atoms with E-state index in [4.69, 9.17) is 15.0 Å². The highest BCUT2D eigenvalue weighted by atomic mass is 15.0. The first-order valence-corrected chi connectivity index (χ1v) is 17.9. The van der Waals surface area contributed by atoms with Crippen LogP contribution in [0.4, 0.5) is 0 Å². The van der Waals surface area contributed by atoms with E-state index < -0.39 is 0 Å². The van der Waals surface area contributed by atoms with Gasteiger partial charge in [0.05, 0.1) is 12.0 Å². The molecule has 2 aliphatic rings. The third kappa shape index (κ3) is 5.17. The van der Waals surface area contributed by atoms with Crippen LogP contribution in [-0.2, 0) is 5.41 Å². The molecule has 6 aromatic carbocycles. The number of aromatic nitrogens is 3. The van der Waals surface area contributed by atoms with Crippen LogP contribution in [-0.4, -0.2) is 15.0 Å². The molecule has 7 aromatic rings. The van der Waals surface area contributed by atoms with Gasteiger partial charge in [0, 0.05) is 27.7 Å². The van der Waals surface area contributed by atoms with Gasteiger partial charge >= 0.3 is 0 Å². The Kier molecular flexibility index (Phi) is 7.52. The molecule has 2 atom stereocenters. The zero-order chi connectivity index (χ0) is 35.4. The van der Waals surface area contributed by atoms with Crippen molar-refractivity contribution < 1.29 is 0 Å². The topological polar surface area (TPSA) is 62.5 Å². The molecule has 2 unspecified atom stereocenters. The Bertz CT molecular complexity index is 2550. The van der Waals surface area contributed by atoms with Crippen molar-refractivity contribution in [1.82, 2.24) is 15.0 Å². The van der Waals surface area contributed by atoms with Gasteiger partial charge in [-0.1, -0.05) is 160 Å². The number of nitrogens with zero attached hydrogens (tertiary/aromatic N) is 4. The summed E-state index contributed by atoms with van der Waals surface area (Å²) in [6, 6.07) is 51.3. The lowest BCUT2D eigenvalue weighted by Crippen LogP contribution is -2.19. The second-order valence-electron chi connectivity index (χ2n) is 14.4. The Balaban J connectivity index is 1.16. The van der Waals surface area contributed by atoms with E-state index in [-0.39, 0.29) is 17.3 Å². The molecule has 0 radical (unpaired) electrons. The van der Waals surface area contributed by atoms with Crippen LogP contribution < -0.4 is 0 Å². The van der Waals surface area contributed by atoms with E-state index in [1.54, 1.807) is 0 Å². The molecule has 4 nitrogen and oxygen atoms in total. The maximum absolute atomic E-state index is 10.1. The van der Waals surface area contributed by atoms with Crippen molar-refractivity contribution in [2.24, 2.45) is 11.8 Å². The Morgan fingerprint density at radius 3 is 1.83 bits per heavy atom. The summed E-state index contributed by atoms with van der Waals surface area (Å²) >= 11 is 0. The molecule has 0 bridgehead atoms. The minimum absolute atomic E-state index is 0.127. The average molecular weight is 669 g/mol. The van der Waals surface area contributed by atoms with Crippen LogP contribution in [0.25, 0.3) is 72.8 Å². The zero-order valence-corrected chi connectivity index (χ0v) is 29.4. The number of benzene rings is 6. The second kappa shape index (κ2) is 12.4. The summed E-state index contributed by atoms with van der Waals surface area (Å²) in [4.78, 5) is 15.1. The monoisotopic (exact) mass is 668 g/mol. The van der Waals surface area contributed by atoms with Crippen molar-refractivity contribution in [2.45, 2.75) is 26.2 Å². The van der Waals surface area contributed by atoms with Crippen molar-refractivity contribution in [3.8, 4) is 62.5 Å².